The number of alkyl halides is 2. The summed E-state index contributed by atoms with van der Waals surface area (Å²) < 4.78 is 36.3. The van der Waals surface area contributed by atoms with E-state index in [0.29, 0.717) is 12.2 Å². The van der Waals surface area contributed by atoms with Crippen LogP contribution in [0, 0.1) is 11.8 Å². The second kappa shape index (κ2) is 5.75. The van der Waals surface area contributed by atoms with Crippen molar-refractivity contribution in [2.45, 2.75) is 19.3 Å². The second-order valence-electron chi connectivity index (χ2n) is 5.15. The van der Waals surface area contributed by atoms with Crippen molar-refractivity contribution in [2.75, 3.05) is 6.61 Å². The highest BCUT2D eigenvalue weighted by molar-refractivity contribution is 9.10. The summed E-state index contributed by atoms with van der Waals surface area (Å²) in [4.78, 5) is 11.5. The summed E-state index contributed by atoms with van der Waals surface area (Å²) in [6, 6.07) is 7.55. The zero-order chi connectivity index (χ0) is 15.0. The predicted molar refractivity (Wildman–Crippen MR) is 76.2 cm³/mol. The van der Waals surface area contributed by atoms with E-state index in [4.69, 9.17) is 9.15 Å². The number of esters is 1. The largest absolute Gasteiger partial charge is 0.465 e. The summed E-state index contributed by atoms with van der Waals surface area (Å²) in [5.74, 6) is -1.27. The lowest BCUT2D eigenvalue weighted by molar-refractivity contribution is -0.146. The highest BCUT2D eigenvalue weighted by atomic mass is 79.9. The molecule has 1 aliphatic carbocycles. The Hall–Kier alpha value is -1.43. The van der Waals surface area contributed by atoms with Crippen molar-refractivity contribution in [1.82, 2.24) is 0 Å². The molecule has 3 rings (SSSR count). The number of carbonyl (C=O) groups excluding carboxylic acids is 1. The monoisotopic (exact) mass is 358 g/mol. The van der Waals surface area contributed by atoms with Gasteiger partial charge in [0.05, 0.1) is 12.5 Å². The van der Waals surface area contributed by atoms with Crippen LogP contribution in [0.15, 0.2) is 33.2 Å². The van der Waals surface area contributed by atoms with Gasteiger partial charge in [-0.2, -0.15) is 0 Å². The molecule has 1 aromatic carbocycles. The zero-order valence-corrected chi connectivity index (χ0v) is 12.6. The molecule has 0 unspecified atom stereocenters. The molecule has 0 radical (unpaired) electrons. The van der Waals surface area contributed by atoms with E-state index >= 15 is 0 Å². The minimum absolute atomic E-state index is 0.145. The number of hydrogen-bond acceptors (Lipinski definition) is 3. The Balaban J connectivity index is 1.52. The molecule has 2 aromatic rings. The van der Waals surface area contributed by atoms with Gasteiger partial charge in [0.2, 0.25) is 6.43 Å². The Bertz CT molecular complexity index is 668. The standard InChI is InChI=1S/C15H13BrF2O3/c16-9-1-2-13-8(5-9)6-10(21-13)3-4-20-15(19)12-7-11(12)14(17)18/h1-2,5-6,11-12,14H,3-4,7H2/t11-,12-/m0/s1. The van der Waals surface area contributed by atoms with Crippen LogP contribution in [-0.2, 0) is 16.0 Å². The van der Waals surface area contributed by atoms with Gasteiger partial charge in [-0.25, -0.2) is 8.78 Å². The molecule has 1 aliphatic rings. The molecule has 0 spiro atoms. The van der Waals surface area contributed by atoms with Gasteiger partial charge in [-0.3, -0.25) is 4.79 Å². The Morgan fingerprint density at radius 3 is 2.95 bits per heavy atom. The molecular weight excluding hydrogens is 346 g/mol. The van der Waals surface area contributed by atoms with Gasteiger partial charge in [0, 0.05) is 22.2 Å². The first-order valence-corrected chi connectivity index (χ1v) is 7.46. The number of halogens is 3. The summed E-state index contributed by atoms with van der Waals surface area (Å²) in [6.45, 7) is 0.145. The molecule has 3 nitrogen and oxygen atoms in total. The van der Waals surface area contributed by atoms with Crippen molar-refractivity contribution >= 4 is 32.9 Å². The fourth-order valence-corrected chi connectivity index (χ4v) is 2.69. The molecule has 1 saturated carbocycles. The number of furan rings is 1. The fourth-order valence-electron chi connectivity index (χ4n) is 2.32. The summed E-state index contributed by atoms with van der Waals surface area (Å²) in [5.41, 5.74) is 0.763. The van der Waals surface area contributed by atoms with Crippen molar-refractivity contribution in [3.05, 3.63) is 34.5 Å². The maximum absolute atomic E-state index is 12.3. The summed E-state index contributed by atoms with van der Waals surface area (Å²) >= 11 is 3.38. The molecule has 6 heteroatoms. The molecule has 0 bridgehead atoms. The fraction of sp³-hybridized carbons (Fsp3) is 0.400. The van der Waals surface area contributed by atoms with E-state index in [9.17, 15) is 13.6 Å². The quantitative estimate of drug-likeness (QED) is 0.752. The van der Waals surface area contributed by atoms with E-state index < -0.39 is 24.2 Å². The molecular formula is C15H13BrF2O3. The van der Waals surface area contributed by atoms with E-state index in [0.717, 1.165) is 15.4 Å². The molecule has 21 heavy (non-hydrogen) atoms. The molecule has 1 heterocycles. The van der Waals surface area contributed by atoms with Gasteiger partial charge >= 0.3 is 5.97 Å². The topological polar surface area (TPSA) is 39.4 Å². The van der Waals surface area contributed by atoms with Gasteiger partial charge in [0.15, 0.2) is 0 Å². The average Bonchev–Trinajstić information content (AvgIpc) is 3.14. The van der Waals surface area contributed by atoms with Crippen molar-refractivity contribution < 1.29 is 22.7 Å². The van der Waals surface area contributed by atoms with Crippen molar-refractivity contribution in [3.8, 4) is 0 Å². The third-order valence-corrected chi connectivity index (χ3v) is 4.08. The third-order valence-electron chi connectivity index (χ3n) is 3.59. The van der Waals surface area contributed by atoms with Crippen LogP contribution in [0.3, 0.4) is 0 Å². The van der Waals surface area contributed by atoms with E-state index in [-0.39, 0.29) is 13.0 Å². The van der Waals surface area contributed by atoms with Gasteiger partial charge in [-0.05, 0) is 30.7 Å². The van der Waals surface area contributed by atoms with Crippen molar-refractivity contribution in [3.63, 3.8) is 0 Å². The van der Waals surface area contributed by atoms with E-state index in [2.05, 4.69) is 15.9 Å². The van der Waals surface area contributed by atoms with Crippen molar-refractivity contribution in [1.29, 1.82) is 0 Å². The maximum Gasteiger partial charge on any atom is 0.309 e. The van der Waals surface area contributed by atoms with Gasteiger partial charge in [-0.15, -0.1) is 0 Å². The number of benzene rings is 1. The number of hydrogen-bond donors (Lipinski definition) is 0. The molecule has 1 aromatic heterocycles. The van der Waals surface area contributed by atoms with Crippen LogP contribution in [0.5, 0.6) is 0 Å². The first-order valence-electron chi connectivity index (χ1n) is 6.67. The molecule has 0 amide bonds. The summed E-state index contributed by atoms with van der Waals surface area (Å²) in [5, 5.41) is 0.964. The predicted octanol–water partition coefficient (Wildman–Crippen LogP) is 4.18. The number of fused-ring (bicyclic) bond motifs is 1. The van der Waals surface area contributed by atoms with Crippen LogP contribution in [0.1, 0.15) is 12.2 Å². The maximum atomic E-state index is 12.3. The molecule has 0 aliphatic heterocycles. The van der Waals surface area contributed by atoms with E-state index in [1.54, 1.807) is 0 Å². The third kappa shape index (κ3) is 3.26. The summed E-state index contributed by atoms with van der Waals surface area (Å²) in [7, 11) is 0. The van der Waals surface area contributed by atoms with Gasteiger partial charge < -0.3 is 9.15 Å². The van der Waals surface area contributed by atoms with Crippen LogP contribution in [0.25, 0.3) is 11.0 Å². The first-order chi connectivity index (χ1) is 10.0. The molecule has 1 fully saturated rings. The average molecular weight is 359 g/mol. The van der Waals surface area contributed by atoms with Gasteiger partial charge in [0.25, 0.3) is 0 Å². The van der Waals surface area contributed by atoms with Crippen LogP contribution in [0.2, 0.25) is 0 Å². The number of ether oxygens (including phenoxy) is 1. The van der Waals surface area contributed by atoms with Crippen LogP contribution < -0.4 is 0 Å². The van der Waals surface area contributed by atoms with Crippen LogP contribution in [-0.4, -0.2) is 19.0 Å². The lowest BCUT2D eigenvalue weighted by Crippen LogP contribution is -2.12. The highest BCUT2D eigenvalue weighted by Crippen LogP contribution is 2.43. The summed E-state index contributed by atoms with van der Waals surface area (Å²) in [6.07, 6.45) is -1.77. The lowest BCUT2D eigenvalue weighted by atomic mass is 10.2. The molecule has 112 valence electrons. The number of carbonyl (C=O) groups is 1. The van der Waals surface area contributed by atoms with Crippen LogP contribution in [0.4, 0.5) is 8.78 Å². The van der Waals surface area contributed by atoms with Crippen molar-refractivity contribution in [2.24, 2.45) is 11.8 Å². The van der Waals surface area contributed by atoms with Crippen LogP contribution >= 0.6 is 15.9 Å². The normalized spacial score (nSPS) is 21.0. The highest BCUT2D eigenvalue weighted by Gasteiger charge is 2.49. The second-order valence-corrected chi connectivity index (χ2v) is 6.07. The molecule has 2 atom stereocenters. The minimum Gasteiger partial charge on any atom is -0.465 e. The Labute approximate surface area is 128 Å². The first kappa shape index (κ1) is 14.5. The Morgan fingerprint density at radius 2 is 2.24 bits per heavy atom. The lowest BCUT2D eigenvalue weighted by Gasteiger charge is -2.02. The Morgan fingerprint density at radius 1 is 1.43 bits per heavy atom. The Kier molecular flexibility index (Phi) is 3.97. The van der Waals surface area contributed by atoms with Gasteiger partial charge in [0.1, 0.15) is 11.3 Å². The van der Waals surface area contributed by atoms with E-state index in [1.807, 2.05) is 24.3 Å². The van der Waals surface area contributed by atoms with Gasteiger partial charge in [-0.1, -0.05) is 15.9 Å². The molecule has 0 saturated heterocycles. The zero-order valence-electron chi connectivity index (χ0n) is 11.0. The minimum atomic E-state index is -2.43. The van der Waals surface area contributed by atoms with E-state index in [1.165, 1.54) is 0 Å². The number of rotatable bonds is 5. The molecule has 0 N–H and O–H groups in total. The SMILES string of the molecule is O=C(OCCc1cc2cc(Br)ccc2o1)[C@H]1C[C@@H]1C(F)F. The smallest absolute Gasteiger partial charge is 0.309 e.